The Balaban J connectivity index is 1.97. The molecule has 140 valence electrons. The highest BCUT2D eigenvalue weighted by Crippen LogP contribution is 2.19. The Hall–Kier alpha value is -3.06. The van der Waals surface area contributed by atoms with Crippen LogP contribution in [0.1, 0.15) is 33.6 Å². The second kappa shape index (κ2) is 8.09. The van der Waals surface area contributed by atoms with Crippen LogP contribution in [0.5, 0.6) is 0 Å². The molecular formula is C20H22N4O3. The molecule has 7 heteroatoms. The molecule has 27 heavy (non-hydrogen) atoms. The van der Waals surface area contributed by atoms with E-state index in [9.17, 15) is 9.59 Å². The summed E-state index contributed by atoms with van der Waals surface area (Å²) in [6.45, 7) is 4.36. The molecule has 2 aromatic heterocycles. The van der Waals surface area contributed by atoms with Crippen LogP contribution >= 0.6 is 0 Å². The van der Waals surface area contributed by atoms with E-state index in [4.69, 9.17) is 5.11 Å². The van der Waals surface area contributed by atoms with E-state index in [2.05, 4.69) is 15.0 Å². The van der Waals surface area contributed by atoms with Crippen LogP contribution in [0.25, 0.3) is 10.9 Å². The highest BCUT2D eigenvalue weighted by Gasteiger charge is 2.19. The lowest BCUT2D eigenvalue weighted by molar-refractivity contribution is 0.0725. The number of rotatable bonds is 6. The Morgan fingerprint density at radius 3 is 2.74 bits per heavy atom. The van der Waals surface area contributed by atoms with Crippen molar-refractivity contribution in [3.63, 3.8) is 0 Å². The second-order valence-corrected chi connectivity index (χ2v) is 6.56. The van der Waals surface area contributed by atoms with E-state index in [-0.39, 0.29) is 30.3 Å². The monoisotopic (exact) mass is 366 g/mol. The van der Waals surface area contributed by atoms with Crippen molar-refractivity contribution in [1.29, 1.82) is 0 Å². The number of aromatic nitrogens is 3. The fourth-order valence-electron chi connectivity index (χ4n) is 3.14. The van der Waals surface area contributed by atoms with Gasteiger partial charge >= 0.3 is 0 Å². The normalized spacial score (nSPS) is 10.9. The number of aliphatic hydroxyl groups excluding tert-OH is 1. The van der Waals surface area contributed by atoms with Gasteiger partial charge in [-0.1, -0.05) is 11.6 Å². The highest BCUT2D eigenvalue weighted by molar-refractivity contribution is 5.92. The third-order valence-electron chi connectivity index (χ3n) is 4.39. The van der Waals surface area contributed by atoms with Crippen molar-refractivity contribution in [2.75, 3.05) is 13.2 Å². The molecule has 0 radical (unpaired) electrons. The van der Waals surface area contributed by atoms with Gasteiger partial charge in [-0.3, -0.25) is 14.6 Å². The summed E-state index contributed by atoms with van der Waals surface area (Å²) in [4.78, 5) is 37.7. The van der Waals surface area contributed by atoms with Gasteiger partial charge in [-0.2, -0.15) is 0 Å². The Morgan fingerprint density at radius 2 is 2.04 bits per heavy atom. The topological polar surface area (TPSA) is 99.2 Å². The van der Waals surface area contributed by atoms with E-state index < -0.39 is 0 Å². The number of nitrogens with one attached hydrogen (secondary N) is 1. The standard InChI is InChI=1S/C20H22N4O3/c1-13-8-14(2)18-15(9-13)10-16(19(26)23-18)12-24(6-3-7-25)20(27)17-11-21-4-5-22-17/h4-5,8-11,25H,3,6-7,12H2,1-2H3,(H,23,26). The largest absolute Gasteiger partial charge is 0.396 e. The zero-order chi connectivity index (χ0) is 19.4. The molecule has 0 atom stereocenters. The minimum absolute atomic E-state index is 0.0449. The molecule has 3 rings (SSSR count). The first-order valence-electron chi connectivity index (χ1n) is 8.79. The Labute approximate surface area is 156 Å². The summed E-state index contributed by atoms with van der Waals surface area (Å²) < 4.78 is 0. The van der Waals surface area contributed by atoms with Gasteiger partial charge in [0.1, 0.15) is 5.69 Å². The SMILES string of the molecule is Cc1cc(C)c2[nH]c(=O)c(CN(CCCO)C(=O)c3cnccn3)cc2c1. The number of carbonyl (C=O) groups excluding carboxylic acids is 1. The molecule has 0 aliphatic carbocycles. The van der Waals surface area contributed by atoms with Crippen LogP contribution in [0.15, 0.2) is 41.6 Å². The number of hydrogen-bond donors (Lipinski definition) is 2. The number of fused-ring (bicyclic) bond motifs is 1. The number of H-pyrrole nitrogens is 1. The van der Waals surface area contributed by atoms with Crippen LogP contribution in [0.4, 0.5) is 0 Å². The first-order chi connectivity index (χ1) is 13.0. The lowest BCUT2D eigenvalue weighted by Crippen LogP contribution is -2.34. The van der Waals surface area contributed by atoms with Gasteiger partial charge in [0.15, 0.2) is 0 Å². The molecule has 0 spiro atoms. The van der Waals surface area contributed by atoms with E-state index >= 15 is 0 Å². The van der Waals surface area contributed by atoms with Gasteiger partial charge in [0.2, 0.25) is 0 Å². The number of pyridine rings is 1. The van der Waals surface area contributed by atoms with E-state index in [0.717, 1.165) is 22.0 Å². The third-order valence-corrected chi connectivity index (χ3v) is 4.39. The Morgan fingerprint density at radius 1 is 1.22 bits per heavy atom. The molecule has 0 fully saturated rings. The molecular weight excluding hydrogens is 344 g/mol. The average Bonchev–Trinajstić information content (AvgIpc) is 2.66. The smallest absolute Gasteiger partial charge is 0.274 e. The van der Waals surface area contributed by atoms with Crippen molar-refractivity contribution in [2.24, 2.45) is 0 Å². The number of carbonyl (C=O) groups is 1. The van der Waals surface area contributed by atoms with Gasteiger partial charge in [0.05, 0.1) is 18.3 Å². The zero-order valence-corrected chi connectivity index (χ0v) is 15.4. The zero-order valence-electron chi connectivity index (χ0n) is 15.4. The molecule has 0 saturated heterocycles. The third kappa shape index (κ3) is 4.20. The summed E-state index contributed by atoms with van der Waals surface area (Å²) in [5.41, 5.74) is 3.38. The number of aryl methyl sites for hydroxylation is 2. The fraction of sp³-hybridized carbons (Fsp3) is 0.300. The first-order valence-corrected chi connectivity index (χ1v) is 8.79. The van der Waals surface area contributed by atoms with Crippen LogP contribution in [0.3, 0.4) is 0 Å². The minimum Gasteiger partial charge on any atom is -0.396 e. The summed E-state index contributed by atoms with van der Waals surface area (Å²) >= 11 is 0. The summed E-state index contributed by atoms with van der Waals surface area (Å²) in [7, 11) is 0. The van der Waals surface area contributed by atoms with Crippen molar-refractivity contribution in [1.82, 2.24) is 19.9 Å². The van der Waals surface area contributed by atoms with Crippen molar-refractivity contribution >= 4 is 16.8 Å². The van der Waals surface area contributed by atoms with Gasteiger partial charge in [0, 0.05) is 31.1 Å². The molecule has 0 aliphatic heterocycles. The molecule has 7 nitrogen and oxygen atoms in total. The van der Waals surface area contributed by atoms with E-state index in [1.165, 1.54) is 23.5 Å². The number of benzene rings is 1. The summed E-state index contributed by atoms with van der Waals surface area (Å²) in [6.07, 6.45) is 4.75. The van der Waals surface area contributed by atoms with Gasteiger partial charge in [0.25, 0.3) is 11.5 Å². The van der Waals surface area contributed by atoms with Crippen LogP contribution < -0.4 is 5.56 Å². The molecule has 0 bridgehead atoms. The number of nitrogens with zero attached hydrogens (tertiary/aromatic N) is 3. The van der Waals surface area contributed by atoms with Crippen molar-refractivity contribution in [2.45, 2.75) is 26.8 Å². The van der Waals surface area contributed by atoms with Crippen LogP contribution in [-0.4, -0.2) is 44.0 Å². The van der Waals surface area contributed by atoms with Crippen LogP contribution in [0.2, 0.25) is 0 Å². The van der Waals surface area contributed by atoms with E-state index in [0.29, 0.717) is 18.5 Å². The number of aliphatic hydroxyl groups is 1. The molecule has 0 aliphatic rings. The van der Waals surface area contributed by atoms with Gasteiger partial charge in [-0.15, -0.1) is 0 Å². The predicted octanol–water partition coefficient (Wildman–Crippen LogP) is 1.96. The van der Waals surface area contributed by atoms with Crippen LogP contribution in [-0.2, 0) is 6.54 Å². The molecule has 2 heterocycles. The average molecular weight is 366 g/mol. The summed E-state index contributed by atoms with van der Waals surface area (Å²) in [5, 5.41) is 10.1. The predicted molar refractivity (Wildman–Crippen MR) is 103 cm³/mol. The lowest BCUT2D eigenvalue weighted by atomic mass is 10.0. The molecule has 1 amide bonds. The number of amides is 1. The van der Waals surface area contributed by atoms with E-state index in [1.807, 2.05) is 32.0 Å². The molecule has 0 saturated carbocycles. The molecule has 1 aromatic carbocycles. The van der Waals surface area contributed by atoms with Gasteiger partial charge in [-0.25, -0.2) is 4.98 Å². The first kappa shape index (κ1) is 18.7. The van der Waals surface area contributed by atoms with E-state index in [1.54, 1.807) is 0 Å². The van der Waals surface area contributed by atoms with Gasteiger partial charge in [-0.05, 0) is 43.4 Å². The maximum Gasteiger partial charge on any atom is 0.274 e. The van der Waals surface area contributed by atoms with Crippen molar-refractivity contribution in [3.8, 4) is 0 Å². The van der Waals surface area contributed by atoms with Crippen molar-refractivity contribution < 1.29 is 9.90 Å². The lowest BCUT2D eigenvalue weighted by Gasteiger charge is -2.22. The second-order valence-electron chi connectivity index (χ2n) is 6.56. The van der Waals surface area contributed by atoms with Gasteiger partial charge < -0.3 is 15.0 Å². The maximum atomic E-state index is 12.8. The molecule has 3 aromatic rings. The summed E-state index contributed by atoms with van der Waals surface area (Å²) in [5.74, 6) is -0.323. The molecule has 2 N–H and O–H groups in total. The van der Waals surface area contributed by atoms with Crippen LogP contribution in [0, 0.1) is 13.8 Å². The Bertz CT molecular complexity index is 1010. The number of aromatic amines is 1. The highest BCUT2D eigenvalue weighted by atomic mass is 16.3. The maximum absolute atomic E-state index is 12.8. The fourth-order valence-corrected chi connectivity index (χ4v) is 3.14. The number of hydrogen-bond acceptors (Lipinski definition) is 5. The quantitative estimate of drug-likeness (QED) is 0.695. The van der Waals surface area contributed by atoms with Crippen molar-refractivity contribution in [3.05, 3.63) is 69.5 Å². The Kier molecular flexibility index (Phi) is 5.61. The molecule has 0 unspecified atom stereocenters. The minimum atomic E-state index is -0.323. The summed E-state index contributed by atoms with van der Waals surface area (Å²) in [6, 6.07) is 5.84.